The SMILES string of the molecule is COC(=O)CN1CCCC(C(=O)N2CCOCC2)C1. The fraction of sp³-hybridized carbons (Fsp3) is 0.846. The molecule has 0 aromatic heterocycles. The molecule has 2 rings (SSSR count). The fourth-order valence-corrected chi connectivity index (χ4v) is 2.69. The van der Waals surface area contributed by atoms with Gasteiger partial charge in [0.05, 0.1) is 32.8 Å². The second-order valence-corrected chi connectivity index (χ2v) is 5.09. The number of carbonyl (C=O) groups excluding carboxylic acids is 2. The highest BCUT2D eigenvalue weighted by molar-refractivity contribution is 5.79. The van der Waals surface area contributed by atoms with E-state index in [1.807, 2.05) is 9.80 Å². The number of likely N-dealkylation sites (tertiary alicyclic amines) is 1. The van der Waals surface area contributed by atoms with Crippen molar-refractivity contribution in [2.45, 2.75) is 12.8 Å². The first-order valence-electron chi connectivity index (χ1n) is 6.86. The molecule has 1 amide bonds. The maximum atomic E-state index is 12.4. The number of ether oxygens (including phenoxy) is 2. The second kappa shape index (κ2) is 6.86. The Hall–Kier alpha value is -1.14. The van der Waals surface area contributed by atoms with E-state index in [1.165, 1.54) is 7.11 Å². The number of esters is 1. The molecule has 19 heavy (non-hydrogen) atoms. The zero-order valence-electron chi connectivity index (χ0n) is 11.5. The summed E-state index contributed by atoms with van der Waals surface area (Å²) in [6.45, 7) is 4.43. The molecule has 0 spiro atoms. The Morgan fingerprint density at radius 2 is 2.00 bits per heavy atom. The van der Waals surface area contributed by atoms with Gasteiger partial charge in [0, 0.05) is 19.6 Å². The van der Waals surface area contributed by atoms with Crippen LogP contribution >= 0.6 is 0 Å². The van der Waals surface area contributed by atoms with Crippen molar-refractivity contribution in [2.75, 3.05) is 53.0 Å². The lowest BCUT2D eigenvalue weighted by Gasteiger charge is -2.35. The molecule has 6 heteroatoms. The predicted octanol–water partition coefficient (Wildman–Crippen LogP) is -0.270. The van der Waals surface area contributed by atoms with Crippen LogP contribution in [0.1, 0.15) is 12.8 Å². The third-order valence-corrected chi connectivity index (χ3v) is 3.76. The minimum Gasteiger partial charge on any atom is -0.468 e. The summed E-state index contributed by atoms with van der Waals surface area (Å²) in [7, 11) is 1.39. The van der Waals surface area contributed by atoms with Gasteiger partial charge < -0.3 is 14.4 Å². The molecule has 0 aromatic rings. The quantitative estimate of drug-likeness (QED) is 0.661. The Morgan fingerprint density at radius 3 is 2.68 bits per heavy atom. The maximum absolute atomic E-state index is 12.4. The minimum atomic E-state index is -0.237. The molecule has 108 valence electrons. The molecular formula is C13H22N2O4. The maximum Gasteiger partial charge on any atom is 0.319 e. The smallest absolute Gasteiger partial charge is 0.319 e. The molecule has 1 atom stereocenters. The molecule has 2 saturated heterocycles. The summed E-state index contributed by atoms with van der Waals surface area (Å²) in [6, 6.07) is 0. The Morgan fingerprint density at radius 1 is 1.26 bits per heavy atom. The van der Waals surface area contributed by atoms with Crippen LogP contribution in [0.5, 0.6) is 0 Å². The van der Waals surface area contributed by atoms with Gasteiger partial charge in [-0.25, -0.2) is 0 Å². The summed E-state index contributed by atoms with van der Waals surface area (Å²) in [5.41, 5.74) is 0. The zero-order chi connectivity index (χ0) is 13.7. The number of morpholine rings is 1. The van der Waals surface area contributed by atoms with Crippen LogP contribution in [-0.2, 0) is 19.1 Å². The molecule has 2 heterocycles. The molecular weight excluding hydrogens is 248 g/mol. The number of hydrogen-bond donors (Lipinski definition) is 0. The first-order chi connectivity index (χ1) is 9.20. The van der Waals surface area contributed by atoms with Crippen molar-refractivity contribution in [1.29, 1.82) is 0 Å². The highest BCUT2D eigenvalue weighted by Gasteiger charge is 2.30. The van der Waals surface area contributed by atoms with Gasteiger partial charge in [-0.15, -0.1) is 0 Å². The molecule has 0 radical (unpaired) electrons. The molecule has 2 aliphatic rings. The van der Waals surface area contributed by atoms with E-state index in [9.17, 15) is 9.59 Å². The van der Waals surface area contributed by atoms with E-state index in [0.29, 0.717) is 32.8 Å². The minimum absolute atomic E-state index is 0.0107. The van der Waals surface area contributed by atoms with E-state index < -0.39 is 0 Å². The summed E-state index contributed by atoms with van der Waals surface area (Å²) in [6.07, 6.45) is 1.87. The summed E-state index contributed by atoms with van der Waals surface area (Å²) in [5, 5.41) is 0. The van der Waals surface area contributed by atoms with E-state index in [-0.39, 0.29) is 24.3 Å². The Labute approximate surface area is 113 Å². The molecule has 1 unspecified atom stereocenters. The topological polar surface area (TPSA) is 59.1 Å². The number of nitrogens with zero attached hydrogens (tertiary/aromatic N) is 2. The van der Waals surface area contributed by atoms with E-state index in [2.05, 4.69) is 4.74 Å². The summed E-state index contributed by atoms with van der Waals surface area (Å²) < 4.78 is 9.93. The number of carbonyl (C=O) groups is 2. The van der Waals surface area contributed by atoms with Crippen molar-refractivity contribution in [3.8, 4) is 0 Å². The van der Waals surface area contributed by atoms with Gasteiger partial charge in [-0.3, -0.25) is 14.5 Å². The Bertz CT molecular complexity index is 329. The number of hydrogen-bond acceptors (Lipinski definition) is 5. The molecule has 0 N–H and O–H groups in total. The van der Waals surface area contributed by atoms with Crippen molar-refractivity contribution < 1.29 is 19.1 Å². The monoisotopic (exact) mass is 270 g/mol. The van der Waals surface area contributed by atoms with Crippen molar-refractivity contribution in [1.82, 2.24) is 9.80 Å². The third kappa shape index (κ3) is 3.91. The number of methoxy groups -OCH3 is 1. The normalized spacial score (nSPS) is 25.1. The fourth-order valence-electron chi connectivity index (χ4n) is 2.69. The van der Waals surface area contributed by atoms with Crippen LogP contribution in [0.15, 0.2) is 0 Å². The number of amides is 1. The molecule has 6 nitrogen and oxygen atoms in total. The van der Waals surface area contributed by atoms with E-state index in [4.69, 9.17) is 4.74 Å². The van der Waals surface area contributed by atoms with E-state index in [1.54, 1.807) is 0 Å². The first kappa shape index (κ1) is 14.3. The van der Waals surface area contributed by atoms with E-state index in [0.717, 1.165) is 19.4 Å². The summed E-state index contributed by atoms with van der Waals surface area (Å²) >= 11 is 0. The predicted molar refractivity (Wildman–Crippen MR) is 68.6 cm³/mol. The van der Waals surface area contributed by atoms with Crippen molar-refractivity contribution in [3.63, 3.8) is 0 Å². The second-order valence-electron chi connectivity index (χ2n) is 5.09. The van der Waals surface area contributed by atoms with Crippen LogP contribution in [0.4, 0.5) is 0 Å². The Balaban J connectivity index is 1.85. The molecule has 2 aliphatic heterocycles. The largest absolute Gasteiger partial charge is 0.468 e. The van der Waals surface area contributed by atoms with E-state index >= 15 is 0 Å². The zero-order valence-corrected chi connectivity index (χ0v) is 11.5. The molecule has 0 aliphatic carbocycles. The lowest BCUT2D eigenvalue weighted by Crippen LogP contribution is -2.49. The lowest BCUT2D eigenvalue weighted by molar-refractivity contribution is -0.146. The number of piperidine rings is 1. The molecule has 0 bridgehead atoms. The van der Waals surface area contributed by atoms with Crippen LogP contribution in [0.3, 0.4) is 0 Å². The molecule has 2 fully saturated rings. The highest BCUT2D eigenvalue weighted by atomic mass is 16.5. The van der Waals surface area contributed by atoms with Gasteiger partial charge in [0.25, 0.3) is 0 Å². The first-order valence-corrected chi connectivity index (χ1v) is 6.86. The third-order valence-electron chi connectivity index (χ3n) is 3.76. The van der Waals surface area contributed by atoms with Crippen molar-refractivity contribution >= 4 is 11.9 Å². The van der Waals surface area contributed by atoms with Crippen LogP contribution in [0, 0.1) is 5.92 Å². The van der Waals surface area contributed by atoms with Gasteiger partial charge in [-0.2, -0.15) is 0 Å². The Kier molecular flexibility index (Phi) is 5.15. The number of rotatable bonds is 3. The average molecular weight is 270 g/mol. The van der Waals surface area contributed by atoms with Gasteiger partial charge in [-0.1, -0.05) is 0 Å². The molecule has 0 aromatic carbocycles. The van der Waals surface area contributed by atoms with Crippen molar-refractivity contribution in [2.24, 2.45) is 5.92 Å². The van der Waals surface area contributed by atoms with Crippen LogP contribution in [-0.4, -0.2) is 74.7 Å². The lowest BCUT2D eigenvalue weighted by atomic mass is 9.96. The van der Waals surface area contributed by atoms with Gasteiger partial charge >= 0.3 is 5.97 Å². The van der Waals surface area contributed by atoms with Crippen LogP contribution in [0.2, 0.25) is 0 Å². The van der Waals surface area contributed by atoms with Gasteiger partial charge in [-0.05, 0) is 19.4 Å². The van der Waals surface area contributed by atoms with Crippen LogP contribution < -0.4 is 0 Å². The van der Waals surface area contributed by atoms with Gasteiger partial charge in [0.1, 0.15) is 0 Å². The van der Waals surface area contributed by atoms with Crippen LogP contribution in [0.25, 0.3) is 0 Å². The molecule has 0 saturated carbocycles. The summed E-state index contributed by atoms with van der Waals surface area (Å²) in [5.74, 6) is -0.0196. The highest BCUT2D eigenvalue weighted by Crippen LogP contribution is 2.19. The average Bonchev–Trinajstić information content (AvgIpc) is 2.47. The van der Waals surface area contributed by atoms with Gasteiger partial charge in [0.2, 0.25) is 5.91 Å². The standard InChI is InChI=1S/C13H22N2O4/c1-18-12(16)10-14-4-2-3-11(9-14)13(17)15-5-7-19-8-6-15/h11H,2-10H2,1H3. The van der Waals surface area contributed by atoms with Gasteiger partial charge in [0.15, 0.2) is 0 Å². The van der Waals surface area contributed by atoms with Crippen molar-refractivity contribution in [3.05, 3.63) is 0 Å². The summed E-state index contributed by atoms with van der Waals surface area (Å²) in [4.78, 5) is 27.6.